The zero-order valence-corrected chi connectivity index (χ0v) is 11.6. The van der Waals surface area contributed by atoms with Crippen molar-refractivity contribution in [1.29, 1.82) is 0 Å². The van der Waals surface area contributed by atoms with Crippen LogP contribution in [-0.2, 0) is 27.2 Å². The predicted molar refractivity (Wildman–Crippen MR) is 68.4 cm³/mol. The van der Waals surface area contributed by atoms with E-state index in [1.165, 1.54) is 0 Å². The van der Waals surface area contributed by atoms with E-state index in [4.69, 9.17) is 9.47 Å². The molecule has 1 aromatic heterocycles. The Bertz CT molecular complexity index is 382. The Hall–Kier alpha value is -1.20. The number of hydrogen-bond donors (Lipinski definition) is 0. The summed E-state index contributed by atoms with van der Waals surface area (Å²) in [5.41, 5.74) is 1.83. The largest absolute Gasteiger partial charge is 0.346 e. The van der Waals surface area contributed by atoms with Crippen LogP contribution in [0.15, 0.2) is 6.07 Å². The Balaban J connectivity index is 2.71. The van der Waals surface area contributed by atoms with Crippen LogP contribution in [-0.4, -0.2) is 35.1 Å². The lowest BCUT2D eigenvalue weighted by atomic mass is 10.2. The van der Waals surface area contributed by atoms with Gasteiger partial charge in [0, 0.05) is 25.5 Å². The van der Waals surface area contributed by atoms with E-state index in [2.05, 4.69) is 5.10 Å². The van der Waals surface area contributed by atoms with Gasteiger partial charge in [-0.1, -0.05) is 0 Å². The van der Waals surface area contributed by atoms with Crippen LogP contribution in [0.3, 0.4) is 0 Å². The van der Waals surface area contributed by atoms with Crippen molar-refractivity contribution in [3.05, 3.63) is 17.5 Å². The van der Waals surface area contributed by atoms with Gasteiger partial charge in [0.25, 0.3) is 0 Å². The summed E-state index contributed by atoms with van der Waals surface area (Å²) in [6.45, 7) is 9.29. The molecule has 5 heteroatoms. The first kappa shape index (κ1) is 14.9. The van der Waals surface area contributed by atoms with Crippen LogP contribution in [0.5, 0.6) is 0 Å². The zero-order valence-electron chi connectivity index (χ0n) is 11.6. The molecular weight excluding hydrogens is 232 g/mol. The van der Waals surface area contributed by atoms with E-state index < -0.39 is 6.29 Å². The molecule has 0 radical (unpaired) electrons. The minimum atomic E-state index is -0.763. The molecule has 0 fully saturated rings. The van der Waals surface area contributed by atoms with E-state index in [9.17, 15) is 4.79 Å². The molecule has 0 amide bonds. The third kappa shape index (κ3) is 3.92. The number of Topliss-reactive ketones (excluding diaryl/α,β-unsaturated/α-hetero) is 1. The van der Waals surface area contributed by atoms with Crippen LogP contribution >= 0.6 is 0 Å². The molecular formula is C13H22N2O3. The van der Waals surface area contributed by atoms with Gasteiger partial charge in [0.05, 0.1) is 12.1 Å². The summed E-state index contributed by atoms with van der Waals surface area (Å²) in [6.07, 6.45) is -0.472. The van der Waals surface area contributed by atoms with Crippen molar-refractivity contribution < 1.29 is 14.3 Å². The van der Waals surface area contributed by atoms with Crippen LogP contribution in [0, 0.1) is 6.92 Å². The molecule has 1 rings (SSSR count). The molecule has 1 aromatic rings. The fraction of sp³-hybridized carbons (Fsp3) is 0.692. The van der Waals surface area contributed by atoms with Gasteiger partial charge in [0.15, 0.2) is 5.78 Å². The van der Waals surface area contributed by atoms with E-state index in [0.717, 1.165) is 17.9 Å². The van der Waals surface area contributed by atoms with Crippen LogP contribution in [0.2, 0.25) is 0 Å². The van der Waals surface area contributed by atoms with Gasteiger partial charge in [-0.2, -0.15) is 5.10 Å². The molecule has 0 spiro atoms. The highest BCUT2D eigenvalue weighted by Crippen LogP contribution is 2.08. The van der Waals surface area contributed by atoms with Gasteiger partial charge in [-0.25, -0.2) is 0 Å². The molecule has 102 valence electrons. The minimum absolute atomic E-state index is 0.0618. The minimum Gasteiger partial charge on any atom is -0.346 e. The summed E-state index contributed by atoms with van der Waals surface area (Å²) in [7, 11) is 0. The van der Waals surface area contributed by atoms with E-state index in [0.29, 0.717) is 19.6 Å². The molecule has 5 nitrogen and oxygen atoms in total. The van der Waals surface area contributed by atoms with Gasteiger partial charge >= 0.3 is 0 Å². The second kappa shape index (κ2) is 7.28. The molecule has 0 saturated heterocycles. The van der Waals surface area contributed by atoms with E-state index in [-0.39, 0.29) is 5.78 Å². The number of rotatable bonds is 8. The molecule has 1 heterocycles. The lowest BCUT2D eigenvalue weighted by molar-refractivity contribution is -0.167. The SMILES string of the molecule is CCOC(OCC)C(=O)Cc1cc(C)nn1CC. The van der Waals surface area contributed by atoms with Crippen LogP contribution in [0.25, 0.3) is 0 Å². The van der Waals surface area contributed by atoms with Crippen LogP contribution in [0.4, 0.5) is 0 Å². The van der Waals surface area contributed by atoms with Gasteiger partial charge in [-0.15, -0.1) is 0 Å². The van der Waals surface area contributed by atoms with Crippen LogP contribution in [0.1, 0.15) is 32.2 Å². The average molecular weight is 254 g/mol. The number of hydrogen-bond acceptors (Lipinski definition) is 4. The highest BCUT2D eigenvalue weighted by molar-refractivity contribution is 5.83. The molecule has 0 atom stereocenters. The molecule has 0 aromatic carbocycles. The second-order valence-electron chi connectivity index (χ2n) is 3.98. The fourth-order valence-electron chi connectivity index (χ4n) is 1.81. The first-order chi connectivity index (χ1) is 8.62. The summed E-state index contributed by atoms with van der Waals surface area (Å²) in [4.78, 5) is 12.1. The Labute approximate surface area is 108 Å². The fourth-order valence-corrected chi connectivity index (χ4v) is 1.81. The Kier molecular flexibility index (Phi) is 6.01. The van der Waals surface area contributed by atoms with E-state index in [1.807, 2.05) is 38.4 Å². The quantitative estimate of drug-likeness (QED) is 0.663. The van der Waals surface area contributed by atoms with Gasteiger partial charge in [-0.05, 0) is 33.8 Å². The van der Waals surface area contributed by atoms with Crippen LogP contribution < -0.4 is 0 Å². The van der Waals surface area contributed by atoms with Crippen molar-refractivity contribution in [2.75, 3.05) is 13.2 Å². The molecule has 0 aliphatic carbocycles. The summed E-state index contributed by atoms with van der Waals surface area (Å²) >= 11 is 0. The van der Waals surface area contributed by atoms with Crippen molar-refractivity contribution in [2.45, 2.75) is 47.0 Å². The first-order valence-corrected chi connectivity index (χ1v) is 6.41. The lowest BCUT2D eigenvalue weighted by Gasteiger charge is -2.15. The van der Waals surface area contributed by atoms with Crippen molar-refractivity contribution in [3.63, 3.8) is 0 Å². The summed E-state index contributed by atoms with van der Waals surface area (Å²) < 4.78 is 12.4. The highest BCUT2D eigenvalue weighted by atomic mass is 16.7. The predicted octanol–water partition coefficient (Wildman–Crippen LogP) is 1.72. The smallest absolute Gasteiger partial charge is 0.218 e. The van der Waals surface area contributed by atoms with Gasteiger partial charge < -0.3 is 9.47 Å². The number of carbonyl (C=O) groups is 1. The number of ether oxygens (including phenoxy) is 2. The summed E-state index contributed by atoms with van der Waals surface area (Å²) in [5, 5.41) is 4.32. The Morgan fingerprint density at radius 1 is 1.33 bits per heavy atom. The monoisotopic (exact) mass is 254 g/mol. The maximum absolute atomic E-state index is 12.1. The number of carbonyl (C=O) groups excluding carboxylic acids is 1. The number of ketones is 1. The number of aryl methyl sites for hydroxylation is 2. The summed E-state index contributed by atoms with van der Waals surface area (Å²) in [6, 6.07) is 1.93. The molecule has 18 heavy (non-hydrogen) atoms. The van der Waals surface area contributed by atoms with Crippen molar-refractivity contribution in [1.82, 2.24) is 9.78 Å². The normalized spacial score (nSPS) is 11.2. The topological polar surface area (TPSA) is 53.4 Å². The summed E-state index contributed by atoms with van der Waals surface area (Å²) in [5.74, 6) is -0.0618. The number of aromatic nitrogens is 2. The van der Waals surface area contributed by atoms with Crippen molar-refractivity contribution in [3.8, 4) is 0 Å². The van der Waals surface area contributed by atoms with Gasteiger partial charge in [-0.3, -0.25) is 9.48 Å². The standard InChI is InChI=1S/C13H22N2O3/c1-5-15-11(8-10(4)14-15)9-12(16)13(17-6-2)18-7-3/h8,13H,5-7,9H2,1-4H3. The maximum atomic E-state index is 12.1. The Morgan fingerprint density at radius 2 is 1.94 bits per heavy atom. The first-order valence-electron chi connectivity index (χ1n) is 6.41. The van der Waals surface area contributed by atoms with Crippen molar-refractivity contribution >= 4 is 5.78 Å². The van der Waals surface area contributed by atoms with Gasteiger partial charge in [0.1, 0.15) is 0 Å². The third-order valence-electron chi connectivity index (χ3n) is 2.54. The zero-order chi connectivity index (χ0) is 13.5. The van der Waals surface area contributed by atoms with Gasteiger partial charge in [0.2, 0.25) is 6.29 Å². The molecule has 0 saturated carbocycles. The maximum Gasteiger partial charge on any atom is 0.218 e. The van der Waals surface area contributed by atoms with E-state index in [1.54, 1.807) is 0 Å². The van der Waals surface area contributed by atoms with Crippen molar-refractivity contribution in [2.24, 2.45) is 0 Å². The Morgan fingerprint density at radius 3 is 2.44 bits per heavy atom. The number of nitrogens with zero attached hydrogens (tertiary/aromatic N) is 2. The average Bonchev–Trinajstić information content (AvgIpc) is 2.69. The third-order valence-corrected chi connectivity index (χ3v) is 2.54. The molecule has 0 aliphatic heterocycles. The molecule has 0 bridgehead atoms. The lowest BCUT2D eigenvalue weighted by Crippen LogP contribution is -2.29. The molecule has 0 N–H and O–H groups in total. The molecule has 0 aliphatic rings. The van der Waals surface area contributed by atoms with E-state index >= 15 is 0 Å². The highest BCUT2D eigenvalue weighted by Gasteiger charge is 2.20. The second-order valence-corrected chi connectivity index (χ2v) is 3.98. The molecule has 0 unspecified atom stereocenters.